The molecule has 2 amide bonds. The quantitative estimate of drug-likeness (QED) is 0.484. The van der Waals surface area contributed by atoms with Crippen LogP contribution in [-0.2, 0) is 22.7 Å². The van der Waals surface area contributed by atoms with Crippen LogP contribution in [0.15, 0.2) is 79.1 Å². The van der Waals surface area contributed by atoms with Crippen LogP contribution in [0.2, 0.25) is 0 Å². The van der Waals surface area contributed by atoms with Gasteiger partial charge in [-0.15, -0.1) is 0 Å². The predicted octanol–water partition coefficient (Wildman–Crippen LogP) is 4.00. The zero-order valence-electron chi connectivity index (χ0n) is 18.3. The summed E-state index contributed by atoms with van der Waals surface area (Å²) in [7, 11) is 0. The molecule has 1 aromatic heterocycles. The van der Waals surface area contributed by atoms with Crippen molar-refractivity contribution in [2.75, 3.05) is 11.4 Å². The van der Waals surface area contributed by atoms with Crippen molar-refractivity contribution in [1.29, 1.82) is 5.26 Å². The van der Waals surface area contributed by atoms with Crippen LogP contribution < -0.4 is 15.0 Å². The molecule has 0 saturated heterocycles. The van der Waals surface area contributed by atoms with E-state index in [-0.39, 0.29) is 31.1 Å². The second-order valence-corrected chi connectivity index (χ2v) is 7.36. The lowest BCUT2D eigenvalue weighted by atomic mass is 10.2. The average Bonchev–Trinajstić information content (AvgIpc) is 2.87. The zero-order valence-corrected chi connectivity index (χ0v) is 18.3. The summed E-state index contributed by atoms with van der Waals surface area (Å²) in [5.74, 6) is 0.355. The molecule has 0 bridgehead atoms. The van der Waals surface area contributed by atoms with Gasteiger partial charge >= 0.3 is 0 Å². The normalized spacial score (nSPS) is 10.2. The highest BCUT2D eigenvalue weighted by atomic mass is 16.5. The molecule has 0 fully saturated rings. The number of carbonyl (C=O) groups excluding carboxylic acids is 2. The number of benzene rings is 2. The van der Waals surface area contributed by atoms with Gasteiger partial charge in [-0.25, -0.2) is 0 Å². The molecule has 3 rings (SSSR count). The Bertz CT molecular complexity index is 1060. The van der Waals surface area contributed by atoms with Crippen molar-refractivity contribution >= 4 is 17.5 Å². The first-order valence-corrected chi connectivity index (χ1v) is 10.8. The van der Waals surface area contributed by atoms with Crippen molar-refractivity contribution in [3.05, 3.63) is 90.3 Å². The molecule has 0 aliphatic heterocycles. The molecule has 0 saturated carbocycles. The predicted molar refractivity (Wildman–Crippen MR) is 125 cm³/mol. The largest absolute Gasteiger partial charge is 0.489 e. The zero-order chi connectivity index (χ0) is 23.3. The van der Waals surface area contributed by atoms with Crippen molar-refractivity contribution < 1.29 is 14.3 Å². The Kier molecular flexibility index (Phi) is 8.98. The number of rotatable bonds is 11. The Morgan fingerprint density at radius 2 is 1.76 bits per heavy atom. The minimum atomic E-state index is -0.200. The summed E-state index contributed by atoms with van der Waals surface area (Å²) in [5.41, 5.74) is 2.65. The molecule has 0 unspecified atom stereocenters. The molecule has 168 valence electrons. The van der Waals surface area contributed by atoms with E-state index in [2.05, 4.69) is 16.4 Å². The van der Waals surface area contributed by atoms with Crippen LogP contribution in [0.4, 0.5) is 5.69 Å². The molecule has 0 radical (unpaired) electrons. The summed E-state index contributed by atoms with van der Waals surface area (Å²) in [6.45, 7) is 1.11. The van der Waals surface area contributed by atoms with Gasteiger partial charge in [0.15, 0.2) is 0 Å². The third-order valence-electron chi connectivity index (χ3n) is 4.92. The van der Waals surface area contributed by atoms with Gasteiger partial charge in [0.25, 0.3) is 0 Å². The number of hydrogen-bond donors (Lipinski definition) is 1. The molecule has 0 spiro atoms. The van der Waals surface area contributed by atoms with E-state index >= 15 is 0 Å². The maximum atomic E-state index is 12.6. The molecule has 0 atom stereocenters. The highest BCUT2D eigenvalue weighted by molar-refractivity contribution is 5.95. The van der Waals surface area contributed by atoms with Crippen molar-refractivity contribution in [2.24, 2.45) is 0 Å². The van der Waals surface area contributed by atoms with Gasteiger partial charge in [0.1, 0.15) is 12.4 Å². The number of aromatic nitrogens is 1. The topological polar surface area (TPSA) is 95.3 Å². The number of nitriles is 1. The lowest BCUT2D eigenvalue weighted by Gasteiger charge is -2.21. The number of carbonyl (C=O) groups is 2. The summed E-state index contributed by atoms with van der Waals surface area (Å²) in [6.07, 6.45) is 3.87. The first-order chi connectivity index (χ1) is 16.2. The van der Waals surface area contributed by atoms with E-state index in [0.717, 1.165) is 22.6 Å². The first kappa shape index (κ1) is 23.5. The summed E-state index contributed by atoms with van der Waals surface area (Å²) < 4.78 is 5.73. The van der Waals surface area contributed by atoms with Crippen molar-refractivity contribution in [2.45, 2.75) is 32.4 Å². The van der Waals surface area contributed by atoms with Crippen molar-refractivity contribution in [3.63, 3.8) is 0 Å². The maximum absolute atomic E-state index is 12.6. The molecular formula is C26H26N4O3. The second kappa shape index (κ2) is 12.6. The van der Waals surface area contributed by atoms with Gasteiger partial charge in [-0.3, -0.25) is 14.6 Å². The standard InChI is InChI=1S/C26H26N4O3/c27-15-5-17-30(23-7-2-1-3-8-23)26(32)14-13-25(31)29-19-21-9-11-24(12-10-21)33-20-22-6-4-16-28-18-22/h1-4,6-12,16,18H,5,13-14,17,19-20H2,(H,29,31). The van der Waals surface area contributed by atoms with E-state index in [1.165, 1.54) is 0 Å². The number of anilines is 1. The van der Waals surface area contributed by atoms with E-state index in [9.17, 15) is 9.59 Å². The lowest BCUT2D eigenvalue weighted by molar-refractivity contribution is -0.125. The minimum absolute atomic E-state index is 0.0767. The van der Waals surface area contributed by atoms with E-state index in [1.54, 1.807) is 17.3 Å². The fraction of sp³-hybridized carbons (Fsp3) is 0.231. The molecule has 1 heterocycles. The number of pyridine rings is 1. The molecule has 0 aliphatic rings. The Balaban J connectivity index is 1.43. The minimum Gasteiger partial charge on any atom is -0.489 e. The van der Waals surface area contributed by atoms with Crippen molar-refractivity contribution in [3.8, 4) is 11.8 Å². The van der Waals surface area contributed by atoms with E-state index in [4.69, 9.17) is 10.00 Å². The van der Waals surface area contributed by atoms with Crippen LogP contribution in [0.1, 0.15) is 30.4 Å². The number of ether oxygens (including phenoxy) is 1. The lowest BCUT2D eigenvalue weighted by Crippen LogP contribution is -2.33. The summed E-state index contributed by atoms with van der Waals surface area (Å²) >= 11 is 0. The van der Waals surface area contributed by atoms with Gasteiger partial charge in [0.05, 0.1) is 12.5 Å². The van der Waals surface area contributed by atoms with Crippen LogP contribution >= 0.6 is 0 Å². The van der Waals surface area contributed by atoms with E-state index in [0.29, 0.717) is 19.7 Å². The number of amides is 2. The fourth-order valence-corrected chi connectivity index (χ4v) is 3.17. The molecule has 7 nitrogen and oxygen atoms in total. The van der Waals surface area contributed by atoms with Crippen LogP contribution in [0, 0.1) is 11.3 Å². The van der Waals surface area contributed by atoms with Gasteiger partial charge in [-0.1, -0.05) is 36.4 Å². The highest BCUT2D eigenvalue weighted by Crippen LogP contribution is 2.16. The van der Waals surface area contributed by atoms with Gasteiger partial charge in [0, 0.05) is 49.6 Å². The third-order valence-corrected chi connectivity index (χ3v) is 4.92. The van der Waals surface area contributed by atoms with Gasteiger partial charge in [-0.05, 0) is 35.9 Å². The Morgan fingerprint density at radius 1 is 0.970 bits per heavy atom. The van der Waals surface area contributed by atoms with Crippen LogP contribution in [-0.4, -0.2) is 23.3 Å². The number of nitrogens with one attached hydrogen (secondary N) is 1. The number of para-hydroxylation sites is 1. The smallest absolute Gasteiger partial charge is 0.227 e. The Labute approximate surface area is 193 Å². The summed E-state index contributed by atoms with van der Waals surface area (Å²) in [4.78, 5) is 30.5. The molecule has 2 aromatic carbocycles. The highest BCUT2D eigenvalue weighted by Gasteiger charge is 2.16. The van der Waals surface area contributed by atoms with Gasteiger partial charge in [-0.2, -0.15) is 5.26 Å². The fourth-order valence-electron chi connectivity index (χ4n) is 3.17. The van der Waals surface area contributed by atoms with Gasteiger partial charge < -0.3 is 15.0 Å². The molecule has 3 aromatic rings. The molecule has 7 heteroatoms. The Hall–Kier alpha value is -4.18. The van der Waals surface area contributed by atoms with Crippen molar-refractivity contribution in [1.82, 2.24) is 10.3 Å². The van der Waals surface area contributed by atoms with Crippen LogP contribution in [0.25, 0.3) is 0 Å². The average molecular weight is 443 g/mol. The molecule has 1 N–H and O–H groups in total. The molecule has 33 heavy (non-hydrogen) atoms. The summed E-state index contributed by atoms with van der Waals surface area (Å²) in [6, 6.07) is 22.5. The number of hydrogen-bond acceptors (Lipinski definition) is 5. The monoisotopic (exact) mass is 442 g/mol. The maximum Gasteiger partial charge on any atom is 0.227 e. The Morgan fingerprint density at radius 3 is 2.45 bits per heavy atom. The van der Waals surface area contributed by atoms with Crippen LogP contribution in [0.3, 0.4) is 0 Å². The van der Waals surface area contributed by atoms with Gasteiger partial charge in [0.2, 0.25) is 11.8 Å². The van der Waals surface area contributed by atoms with Crippen LogP contribution in [0.5, 0.6) is 5.75 Å². The SMILES string of the molecule is N#CCCN(C(=O)CCC(=O)NCc1ccc(OCc2cccnc2)cc1)c1ccccc1. The third kappa shape index (κ3) is 7.78. The molecular weight excluding hydrogens is 416 g/mol. The second-order valence-electron chi connectivity index (χ2n) is 7.36. The van der Waals surface area contributed by atoms with E-state index in [1.807, 2.05) is 66.7 Å². The summed E-state index contributed by atoms with van der Waals surface area (Å²) in [5, 5.41) is 11.7. The molecule has 0 aliphatic carbocycles. The first-order valence-electron chi connectivity index (χ1n) is 10.8. The van der Waals surface area contributed by atoms with E-state index < -0.39 is 0 Å². The number of nitrogens with zero attached hydrogens (tertiary/aromatic N) is 3.